The van der Waals surface area contributed by atoms with Gasteiger partial charge in [0.1, 0.15) is 33.0 Å². The Morgan fingerprint density at radius 1 is 0.722 bits per heavy atom. The summed E-state index contributed by atoms with van der Waals surface area (Å²) in [5.74, 6) is 0.590. The monoisotopic (exact) mass is 534 g/mol. The van der Waals surface area contributed by atoms with Crippen LogP contribution in [0.2, 0.25) is 0 Å². The van der Waals surface area contributed by atoms with Gasteiger partial charge in [0.15, 0.2) is 0 Å². The third kappa shape index (κ3) is 6.73. The maximum Gasteiger partial charge on any atom is 0.275 e. The molecule has 0 aromatic heterocycles. The fourth-order valence-electron chi connectivity index (χ4n) is 3.06. The predicted octanol–water partition coefficient (Wildman–Crippen LogP) is 2.87. The van der Waals surface area contributed by atoms with Crippen molar-refractivity contribution in [3.63, 3.8) is 0 Å². The lowest BCUT2D eigenvalue weighted by atomic mass is 10.1. The van der Waals surface area contributed by atoms with Crippen LogP contribution in [0.3, 0.4) is 0 Å². The topological polar surface area (TPSA) is 102 Å². The molecule has 2 N–H and O–H groups in total. The van der Waals surface area contributed by atoms with E-state index in [1.54, 1.807) is 43.3 Å². The summed E-state index contributed by atoms with van der Waals surface area (Å²) >= 11 is 10.9. The second-order valence-corrected chi connectivity index (χ2v) is 8.41. The highest BCUT2D eigenvalue weighted by Gasteiger charge is 2.24. The number of nitrogens with one attached hydrogen (secondary N) is 2. The zero-order valence-electron chi connectivity index (χ0n) is 21.2. The lowest BCUT2D eigenvalue weighted by Crippen LogP contribution is -2.50. The SMILES string of the molecule is COc1ccc(C(=O)N(C)NC(=S)C(C)C(=S)NN(C)C(=O)c2ccc(OC)cc2OC)c(OC)c1. The Bertz CT molecular complexity index is 1060. The third-order valence-electron chi connectivity index (χ3n) is 5.23. The van der Waals surface area contributed by atoms with Crippen molar-refractivity contribution in [1.82, 2.24) is 20.9 Å². The molecule has 0 spiro atoms. The van der Waals surface area contributed by atoms with Gasteiger partial charge in [-0.25, -0.2) is 0 Å². The number of ether oxygens (including phenoxy) is 4. The molecule has 12 heteroatoms. The van der Waals surface area contributed by atoms with Gasteiger partial charge in [0.2, 0.25) is 0 Å². The van der Waals surface area contributed by atoms with Crippen molar-refractivity contribution >= 4 is 46.2 Å². The first-order valence-electron chi connectivity index (χ1n) is 10.7. The molecule has 2 rings (SSSR count). The minimum Gasteiger partial charge on any atom is -0.497 e. The first-order valence-corrected chi connectivity index (χ1v) is 11.5. The molecule has 0 aliphatic carbocycles. The Labute approximate surface area is 221 Å². The molecule has 0 bridgehead atoms. The molecule has 2 aromatic rings. The zero-order chi connectivity index (χ0) is 27.0. The average molecular weight is 535 g/mol. The lowest BCUT2D eigenvalue weighted by Gasteiger charge is -2.27. The highest BCUT2D eigenvalue weighted by molar-refractivity contribution is 7.82. The number of carbonyl (C=O) groups excluding carboxylic acids is 2. The molecule has 10 nitrogen and oxygen atoms in total. The van der Waals surface area contributed by atoms with E-state index in [9.17, 15) is 9.59 Å². The molecular formula is C24H30N4O6S2. The van der Waals surface area contributed by atoms with Gasteiger partial charge < -0.3 is 18.9 Å². The van der Waals surface area contributed by atoms with E-state index in [1.807, 2.05) is 0 Å². The molecule has 0 aliphatic rings. The molecule has 36 heavy (non-hydrogen) atoms. The zero-order valence-corrected chi connectivity index (χ0v) is 22.8. The number of hydrogen-bond donors (Lipinski definition) is 2. The summed E-state index contributed by atoms with van der Waals surface area (Å²) in [6.45, 7) is 1.75. The van der Waals surface area contributed by atoms with Gasteiger partial charge in [-0.2, -0.15) is 0 Å². The number of benzene rings is 2. The summed E-state index contributed by atoms with van der Waals surface area (Å²) in [5.41, 5.74) is 6.38. The van der Waals surface area contributed by atoms with Crippen LogP contribution in [0.5, 0.6) is 23.0 Å². The summed E-state index contributed by atoms with van der Waals surface area (Å²) in [7, 11) is 9.06. The fraction of sp³-hybridized carbons (Fsp3) is 0.333. The fourth-order valence-corrected chi connectivity index (χ4v) is 3.64. The van der Waals surface area contributed by atoms with Gasteiger partial charge in [0.05, 0.1) is 45.5 Å². The van der Waals surface area contributed by atoms with Crippen molar-refractivity contribution in [2.24, 2.45) is 5.92 Å². The summed E-state index contributed by atoms with van der Waals surface area (Å²) in [6.07, 6.45) is 0. The van der Waals surface area contributed by atoms with E-state index < -0.39 is 5.92 Å². The molecule has 0 saturated heterocycles. The number of hydrogen-bond acceptors (Lipinski definition) is 8. The highest BCUT2D eigenvalue weighted by Crippen LogP contribution is 2.26. The largest absolute Gasteiger partial charge is 0.497 e. The maximum atomic E-state index is 12.9. The molecule has 0 saturated carbocycles. The van der Waals surface area contributed by atoms with Gasteiger partial charge in [0.25, 0.3) is 11.8 Å². The Hall–Kier alpha value is -3.64. The number of rotatable bonds is 8. The lowest BCUT2D eigenvalue weighted by molar-refractivity contribution is 0.0752. The highest BCUT2D eigenvalue weighted by atomic mass is 32.1. The van der Waals surface area contributed by atoms with Crippen LogP contribution in [0, 0.1) is 5.92 Å². The van der Waals surface area contributed by atoms with Gasteiger partial charge >= 0.3 is 0 Å². The van der Waals surface area contributed by atoms with Gasteiger partial charge in [-0.1, -0.05) is 24.4 Å². The Balaban J connectivity index is 2.04. The summed E-state index contributed by atoms with van der Waals surface area (Å²) in [4.78, 5) is 26.4. The standard InChI is InChI=1S/C24H30N4O6S2/c1-14(21(35)25-27(2)23(29)17-10-8-15(31-4)12-19(17)33-6)22(36)26-28(3)24(30)18-11-9-16(32-5)13-20(18)34-7/h8-14H,1-7H3,(H,25,35)(H,26,36). The predicted molar refractivity (Wildman–Crippen MR) is 144 cm³/mol. The number of carbonyl (C=O) groups is 2. The maximum absolute atomic E-state index is 12.9. The van der Waals surface area contributed by atoms with E-state index >= 15 is 0 Å². The van der Waals surface area contributed by atoms with Crippen molar-refractivity contribution in [2.45, 2.75) is 6.92 Å². The average Bonchev–Trinajstić information content (AvgIpc) is 2.90. The van der Waals surface area contributed by atoms with E-state index in [0.717, 1.165) is 0 Å². The molecule has 2 amide bonds. The minimum absolute atomic E-state index is 0.277. The summed E-state index contributed by atoms with van der Waals surface area (Å²) in [6, 6.07) is 9.76. The molecule has 0 heterocycles. The van der Waals surface area contributed by atoms with E-state index in [4.69, 9.17) is 43.4 Å². The first-order chi connectivity index (χ1) is 17.1. The van der Waals surface area contributed by atoms with E-state index in [-0.39, 0.29) is 21.8 Å². The van der Waals surface area contributed by atoms with Gasteiger partial charge in [-0.3, -0.25) is 30.5 Å². The molecule has 0 radical (unpaired) electrons. The molecular weight excluding hydrogens is 504 g/mol. The second-order valence-electron chi connectivity index (χ2n) is 7.53. The second kappa shape index (κ2) is 12.9. The van der Waals surface area contributed by atoms with Crippen LogP contribution in [0.25, 0.3) is 0 Å². The Morgan fingerprint density at radius 2 is 1.08 bits per heavy atom. The molecule has 0 unspecified atom stereocenters. The van der Waals surface area contributed by atoms with Gasteiger partial charge in [0, 0.05) is 26.2 Å². The Morgan fingerprint density at radius 3 is 1.39 bits per heavy atom. The first kappa shape index (κ1) is 28.6. The minimum atomic E-state index is -0.504. The summed E-state index contributed by atoms with van der Waals surface area (Å²) in [5, 5.41) is 2.48. The van der Waals surface area contributed by atoms with Crippen LogP contribution in [-0.2, 0) is 0 Å². The molecule has 0 aliphatic heterocycles. The summed E-state index contributed by atoms with van der Waals surface area (Å²) < 4.78 is 21.0. The molecule has 194 valence electrons. The smallest absolute Gasteiger partial charge is 0.275 e. The van der Waals surface area contributed by atoms with Crippen molar-refractivity contribution < 1.29 is 28.5 Å². The van der Waals surface area contributed by atoms with E-state index in [0.29, 0.717) is 34.1 Å². The van der Waals surface area contributed by atoms with Crippen molar-refractivity contribution in [3.8, 4) is 23.0 Å². The number of nitrogens with zero attached hydrogens (tertiary/aromatic N) is 2. The van der Waals surface area contributed by atoms with Crippen LogP contribution in [0.1, 0.15) is 27.6 Å². The van der Waals surface area contributed by atoms with Crippen molar-refractivity contribution in [1.29, 1.82) is 0 Å². The number of thiocarbonyl (C=S) groups is 2. The van der Waals surface area contributed by atoms with Crippen LogP contribution in [-0.4, -0.2) is 74.3 Å². The van der Waals surface area contributed by atoms with E-state index in [2.05, 4.69) is 10.9 Å². The third-order valence-corrected chi connectivity index (χ3v) is 6.12. The van der Waals surface area contributed by atoms with Crippen LogP contribution >= 0.6 is 24.4 Å². The Kier molecular flexibility index (Phi) is 10.2. The quantitative estimate of drug-likeness (QED) is 0.388. The molecule has 2 aromatic carbocycles. The van der Waals surface area contributed by atoms with Crippen LogP contribution < -0.4 is 29.8 Å². The van der Waals surface area contributed by atoms with Crippen LogP contribution in [0.4, 0.5) is 0 Å². The van der Waals surface area contributed by atoms with Gasteiger partial charge in [-0.05, 0) is 31.2 Å². The number of amides is 2. The normalized spacial score (nSPS) is 10.2. The van der Waals surface area contributed by atoms with Crippen molar-refractivity contribution in [3.05, 3.63) is 47.5 Å². The molecule has 0 fully saturated rings. The molecule has 0 atom stereocenters. The van der Waals surface area contributed by atoms with Gasteiger partial charge in [-0.15, -0.1) is 0 Å². The number of methoxy groups -OCH3 is 4. The van der Waals surface area contributed by atoms with Crippen LogP contribution in [0.15, 0.2) is 36.4 Å². The number of hydrazine groups is 2. The van der Waals surface area contributed by atoms with Crippen molar-refractivity contribution in [2.75, 3.05) is 42.5 Å². The van der Waals surface area contributed by atoms with E-state index in [1.165, 1.54) is 52.6 Å².